The molecule has 1 aliphatic heterocycles. The molecule has 1 aliphatic carbocycles. The molecule has 1 fully saturated rings. The van der Waals surface area contributed by atoms with Gasteiger partial charge in [-0.05, 0) is 66.3 Å². The molecule has 1 heterocycles. The Balaban J connectivity index is 1.21. The lowest BCUT2D eigenvalue weighted by atomic mass is 9.98. The minimum absolute atomic E-state index is 0.0279. The molecule has 4 atom stereocenters. The first-order chi connectivity index (χ1) is 25.3. The minimum atomic E-state index is -1.01. The van der Waals surface area contributed by atoms with E-state index in [4.69, 9.17) is 9.47 Å². The Morgan fingerprint density at radius 1 is 0.885 bits per heavy atom. The van der Waals surface area contributed by atoms with Gasteiger partial charge in [-0.15, -0.1) is 13.2 Å². The highest BCUT2D eigenvalue weighted by Gasteiger charge is 2.33. The van der Waals surface area contributed by atoms with Crippen LogP contribution in [0.1, 0.15) is 61.1 Å². The van der Waals surface area contributed by atoms with E-state index in [0.29, 0.717) is 19.4 Å². The molecule has 5 rings (SSSR count). The number of carbonyl (C=O) groups is 4. The molecule has 3 N–H and O–H groups in total. The highest BCUT2D eigenvalue weighted by molar-refractivity contribution is 5.86. The number of aliphatic hydroxyl groups excluding tert-OH is 1. The van der Waals surface area contributed by atoms with Crippen LogP contribution in [0.4, 0.5) is 4.79 Å². The molecule has 274 valence electrons. The van der Waals surface area contributed by atoms with Crippen LogP contribution < -0.4 is 10.6 Å². The molecule has 10 heteroatoms. The Morgan fingerprint density at radius 2 is 1.56 bits per heavy atom. The van der Waals surface area contributed by atoms with E-state index in [1.165, 1.54) is 0 Å². The number of ether oxygens (including phenoxy) is 2. The first-order valence-corrected chi connectivity index (χ1v) is 18.1. The fraction of sp³-hybridized carbons (Fsp3) is 0.381. The molecule has 52 heavy (non-hydrogen) atoms. The largest absolute Gasteiger partial charge is 0.462 e. The monoisotopic (exact) mass is 707 g/mol. The number of likely N-dealkylation sites (tertiary alicyclic amines) is 1. The molecule has 10 nitrogen and oxygen atoms in total. The molecule has 0 bridgehead atoms. The minimum Gasteiger partial charge on any atom is -0.462 e. The van der Waals surface area contributed by atoms with E-state index in [1.807, 2.05) is 66.7 Å². The second kappa shape index (κ2) is 18.9. The van der Waals surface area contributed by atoms with Gasteiger partial charge >= 0.3 is 12.1 Å². The zero-order valence-electron chi connectivity index (χ0n) is 29.6. The topological polar surface area (TPSA) is 134 Å². The SMILES string of the molecule is C=CCC[C@H](NC(=O)OCC1c2ccccc2-c2ccccc21)C(=O)OC[C@@H](Cc1ccccc1)NC(=O)[C@H](CC=C)CC(=O)N1CCC[C@H]1CO. The number of allylic oxidation sites excluding steroid dienone is 2. The summed E-state index contributed by atoms with van der Waals surface area (Å²) in [4.78, 5) is 55.0. The van der Waals surface area contributed by atoms with Crippen LogP contribution in [0, 0.1) is 5.92 Å². The molecule has 0 radical (unpaired) electrons. The normalized spacial score (nSPS) is 16.5. The van der Waals surface area contributed by atoms with Crippen molar-refractivity contribution < 1.29 is 33.8 Å². The Morgan fingerprint density at radius 3 is 2.21 bits per heavy atom. The molecule has 0 spiro atoms. The Labute approximate surface area is 305 Å². The summed E-state index contributed by atoms with van der Waals surface area (Å²) in [5.41, 5.74) is 5.30. The number of fused-ring (bicyclic) bond motifs is 3. The third kappa shape index (κ3) is 9.76. The summed E-state index contributed by atoms with van der Waals surface area (Å²) in [7, 11) is 0. The zero-order chi connectivity index (χ0) is 36.9. The van der Waals surface area contributed by atoms with Crippen LogP contribution in [0.15, 0.2) is 104 Å². The van der Waals surface area contributed by atoms with Crippen molar-refractivity contribution in [3.05, 3.63) is 121 Å². The maximum absolute atomic E-state index is 13.6. The predicted molar refractivity (Wildman–Crippen MR) is 199 cm³/mol. The van der Waals surface area contributed by atoms with E-state index in [1.54, 1.807) is 17.1 Å². The lowest BCUT2D eigenvalue weighted by Crippen LogP contribution is -2.47. The summed E-state index contributed by atoms with van der Waals surface area (Å²) in [6, 6.07) is 23.7. The van der Waals surface area contributed by atoms with Crippen LogP contribution in [0.3, 0.4) is 0 Å². The van der Waals surface area contributed by atoms with Gasteiger partial charge in [-0.3, -0.25) is 9.59 Å². The van der Waals surface area contributed by atoms with Gasteiger partial charge in [0.05, 0.1) is 24.6 Å². The molecule has 3 amide bonds. The molecular formula is C42H49N3O7. The fourth-order valence-electron chi connectivity index (χ4n) is 7.13. The Hall–Kier alpha value is -5.22. The molecule has 2 aliphatic rings. The summed E-state index contributed by atoms with van der Waals surface area (Å²) in [6.45, 7) is 7.91. The number of esters is 1. The summed E-state index contributed by atoms with van der Waals surface area (Å²) in [6.07, 6.45) is 5.38. The molecule has 3 aromatic rings. The van der Waals surface area contributed by atoms with Crippen molar-refractivity contribution in [3.63, 3.8) is 0 Å². The zero-order valence-corrected chi connectivity index (χ0v) is 29.6. The van der Waals surface area contributed by atoms with Gasteiger partial charge in [-0.25, -0.2) is 9.59 Å². The number of benzene rings is 3. The van der Waals surface area contributed by atoms with Crippen LogP contribution in [0.5, 0.6) is 0 Å². The van der Waals surface area contributed by atoms with Gasteiger partial charge in [0, 0.05) is 18.9 Å². The van der Waals surface area contributed by atoms with Gasteiger partial charge in [-0.1, -0.05) is 91.0 Å². The van der Waals surface area contributed by atoms with E-state index in [2.05, 4.69) is 35.9 Å². The lowest BCUT2D eigenvalue weighted by Gasteiger charge is -2.26. The predicted octanol–water partition coefficient (Wildman–Crippen LogP) is 5.70. The van der Waals surface area contributed by atoms with Crippen molar-refractivity contribution in [2.24, 2.45) is 5.92 Å². The van der Waals surface area contributed by atoms with Crippen molar-refractivity contribution >= 4 is 23.9 Å². The number of rotatable bonds is 18. The number of nitrogens with one attached hydrogen (secondary N) is 2. The van der Waals surface area contributed by atoms with Crippen molar-refractivity contribution in [1.82, 2.24) is 15.5 Å². The number of alkyl carbamates (subject to hydrolysis) is 1. The quantitative estimate of drug-likeness (QED) is 0.114. The van der Waals surface area contributed by atoms with Gasteiger partial charge in [0.2, 0.25) is 11.8 Å². The summed E-state index contributed by atoms with van der Waals surface area (Å²) < 4.78 is 11.5. The molecule has 3 aromatic carbocycles. The number of hydrogen-bond acceptors (Lipinski definition) is 7. The van der Waals surface area contributed by atoms with Gasteiger partial charge in [0.15, 0.2) is 0 Å². The maximum atomic E-state index is 13.6. The van der Waals surface area contributed by atoms with E-state index in [9.17, 15) is 24.3 Å². The first-order valence-electron chi connectivity index (χ1n) is 18.1. The molecule has 1 saturated heterocycles. The van der Waals surface area contributed by atoms with Crippen LogP contribution in [0.25, 0.3) is 11.1 Å². The summed E-state index contributed by atoms with van der Waals surface area (Å²) in [5.74, 6) is -2.02. The molecule has 0 saturated carbocycles. The highest BCUT2D eigenvalue weighted by Crippen LogP contribution is 2.44. The number of amides is 3. The van der Waals surface area contributed by atoms with E-state index in [0.717, 1.165) is 40.7 Å². The number of hydrogen-bond donors (Lipinski definition) is 3. The number of aliphatic hydroxyl groups is 1. The van der Waals surface area contributed by atoms with Crippen LogP contribution in [-0.4, -0.2) is 78.4 Å². The van der Waals surface area contributed by atoms with Crippen LogP contribution >= 0.6 is 0 Å². The second-order valence-corrected chi connectivity index (χ2v) is 13.4. The number of nitrogens with zero attached hydrogens (tertiary/aromatic N) is 1. The maximum Gasteiger partial charge on any atom is 0.407 e. The molecular weight excluding hydrogens is 658 g/mol. The summed E-state index contributed by atoms with van der Waals surface area (Å²) >= 11 is 0. The first kappa shape index (κ1) is 38.0. The second-order valence-electron chi connectivity index (χ2n) is 13.4. The average Bonchev–Trinajstić information content (AvgIpc) is 3.77. The van der Waals surface area contributed by atoms with Gasteiger partial charge < -0.3 is 30.1 Å². The lowest BCUT2D eigenvalue weighted by molar-refractivity contribution is -0.147. The van der Waals surface area contributed by atoms with E-state index >= 15 is 0 Å². The van der Waals surface area contributed by atoms with Crippen molar-refractivity contribution in [2.45, 2.75) is 69.0 Å². The Bertz CT molecular complexity index is 1660. The summed E-state index contributed by atoms with van der Waals surface area (Å²) in [5, 5.41) is 15.4. The van der Waals surface area contributed by atoms with Crippen molar-refractivity contribution in [1.29, 1.82) is 0 Å². The number of carbonyl (C=O) groups excluding carboxylic acids is 4. The standard InChI is InChI=1S/C42H49N3O7/c1-3-5-22-38(44-42(50)52-28-37-35-20-11-9-18-33(35)34-19-10-12-21-36(34)37)41(49)51-27-31(24-29-15-7-6-8-16-29)43-40(48)30(14-4-2)25-39(47)45-23-13-17-32(45)26-46/h3-4,6-12,15-16,18-21,30-32,37-38,46H,1-2,5,13-14,17,22-28H2,(H,43,48)(H,44,50)/t30-,31-,32+,38+/m1/s1. The Kier molecular flexibility index (Phi) is 13.8. The van der Waals surface area contributed by atoms with Crippen LogP contribution in [-0.2, 0) is 30.3 Å². The third-order valence-corrected chi connectivity index (χ3v) is 9.83. The van der Waals surface area contributed by atoms with Gasteiger partial charge in [0.1, 0.15) is 19.3 Å². The van der Waals surface area contributed by atoms with E-state index < -0.39 is 30.1 Å². The van der Waals surface area contributed by atoms with Gasteiger partial charge in [-0.2, -0.15) is 0 Å². The fourth-order valence-corrected chi connectivity index (χ4v) is 7.13. The van der Waals surface area contributed by atoms with Crippen molar-refractivity contribution in [3.8, 4) is 11.1 Å². The molecule has 0 unspecified atom stereocenters. The highest BCUT2D eigenvalue weighted by atomic mass is 16.6. The van der Waals surface area contributed by atoms with Crippen molar-refractivity contribution in [2.75, 3.05) is 26.4 Å². The van der Waals surface area contributed by atoms with E-state index in [-0.39, 0.29) is 62.9 Å². The smallest absolute Gasteiger partial charge is 0.407 e. The third-order valence-electron chi connectivity index (χ3n) is 9.83. The van der Waals surface area contributed by atoms with Gasteiger partial charge in [0.25, 0.3) is 0 Å². The molecule has 0 aromatic heterocycles. The average molecular weight is 708 g/mol. The van der Waals surface area contributed by atoms with Crippen LogP contribution in [0.2, 0.25) is 0 Å².